The number of hydrogen-bond donors (Lipinski definition) is 2. The second-order valence-electron chi connectivity index (χ2n) is 4.37. The fourth-order valence-corrected chi connectivity index (χ4v) is 1.67. The quantitative estimate of drug-likeness (QED) is 0.761. The largest absolute Gasteiger partial charge is 0.493 e. The molecule has 5 nitrogen and oxygen atoms in total. The highest BCUT2D eigenvalue weighted by atomic mass is 16.5. The van der Waals surface area contributed by atoms with Crippen LogP contribution in [0, 0.1) is 0 Å². The molecule has 0 aliphatic heterocycles. The van der Waals surface area contributed by atoms with Gasteiger partial charge < -0.3 is 24.8 Å². The van der Waals surface area contributed by atoms with Gasteiger partial charge in [0.2, 0.25) is 0 Å². The van der Waals surface area contributed by atoms with Crippen molar-refractivity contribution in [3.05, 3.63) is 18.2 Å². The molecule has 0 aromatic heterocycles. The lowest BCUT2D eigenvalue weighted by atomic mass is 10.2. The maximum Gasteiger partial charge on any atom is 0.162 e. The van der Waals surface area contributed by atoms with E-state index in [1.807, 2.05) is 37.2 Å². The van der Waals surface area contributed by atoms with Crippen molar-refractivity contribution in [2.45, 2.75) is 6.10 Å². The Balaban J connectivity index is 2.57. The van der Waals surface area contributed by atoms with Crippen molar-refractivity contribution >= 4 is 5.69 Å². The van der Waals surface area contributed by atoms with Gasteiger partial charge in [0.15, 0.2) is 11.5 Å². The van der Waals surface area contributed by atoms with Gasteiger partial charge in [0.1, 0.15) is 0 Å². The summed E-state index contributed by atoms with van der Waals surface area (Å²) in [7, 11) is 7.06. The number of methoxy groups -OCH3 is 2. The highest BCUT2D eigenvalue weighted by molar-refractivity contribution is 5.54. The molecule has 0 saturated heterocycles. The minimum absolute atomic E-state index is 0.409. The van der Waals surface area contributed by atoms with Gasteiger partial charge in [-0.1, -0.05) is 0 Å². The Morgan fingerprint density at radius 3 is 2.44 bits per heavy atom. The highest BCUT2D eigenvalue weighted by Crippen LogP contribution is 2.29. The van der Waals surface area contributed by atoms with E-state index < -0.39 is 6.10 Å². The van der Waals surface area contributed by atoms with Gasteiger partial charge in [-0.15, -0.1) is 0 Å². The molecule has 1 unspecified atom stereocenters. The Kier molecular flexibility index (Phi) is 5.74. The molecule has 1 atom stereocenters. The maximum atomic E-state index is 9.75. The molecular weight excluding hydrogens is 232 g/mol. The Morgan fingerprint density at radius 2 is 1.89 bits per heavy atom. The van der Waals surface area contributed by atoms with Gasteiger partial charge in [0.05, 0.1) is 20.3 Å². The predicted octanol–water partition coefficient (Wildman–Crippen LogP) is 1.04. The Morgan fingerprint density at radius 1 is 1.22 bits per heavy atom. The van der Waals surface area contributed by atoms with Crippen molar-refractivity contribution < 1.29 is 14.6 Å². The second kappa shape index (κ2) is 7.08. The van der Waals surface area contributed by atoms with Crippen molar-refractivity contribution in [3.8, 4) is 11.5 Å². The Labute approximate surface area is 108 Å². The zero-order valence-corrected chi connectivity index (χ0v) is 11.4. The van der Waals surface area contributed by atoms with E-state index in [1.54, 1.807) is 14.2 Å². The van der Waals surface area contributed by atoms with Crippen LogP contribution >= 0.6 is 0 Å². The third-order valence-electron chi connectivity index (χ3n) is 2.50. The zero-order valence-electron chi connectivity index (χ0n) is 11.4. The predicted molar refractivity (Wildman–Crippen MR) is 72.6 cm³/mol. The summed E-state index contributed by atoms with van der Waals surface area (Å²) >= 11 is 0. The van der Waals surface area contributed by atoms with Crippen molar-refractivity contribution in [2.75, 3.05) is 46.7 Å². The Bertz CT molecular complexity index is 369. The lowest BCUT2D eigenvalue weighted by Gasteiger charge is -2.17. The number of benzene rings is 1. The topological polar surface area (TPSA) is 54.0 Å². The first kappa shape index (κ1) is 14.6. The van der Waals surface area contributed by atoms with Gasteiger partial charge in [-0.05, 0) is 26.2 Å². The van der Waals surface area contributed by atoms with Crippen LogP contribution in [0.5, 0.6) is 11.5 Å². The van der Waals surface area contributed by atoms with Crippen LogP contribution in [0.1, 0.15) is 0 Å². The van der Waals surface area contributed by atoms with Crippen LogP contribution in [0.4, 0.5) is 5.69 Å². The standard InChI is InChI=1S/C13H22N2O3/c1-15(2)9-11(16)8-14-10-5-6-12(17-3)13(7-10)18-4/h5-7,11,14,16H,8-9H2,1-4H3. The highest BCUT2D eigenvalue weighted by Gasteiger charge is 2.07. The van der Waals surface area contributed by atoms with Gasteiger partial charge in [-0.2, -0.15) is 0 Å². The molecule has 0 heterocycles. The molecule has 0 spiro atoms. The number of ether oxygens (including phenoxy) is 2. The van der Waals surface area contributed by atoms with Crippen LogP contribution in [0.25, 0.3) is 0 Å². The summed E-state index contributed by atoms with van der Waals surface area (Å²) in [5.74, 6) is 1.36. The summed E-state index contributed by atoms with van der Waals surface area (Å²) in [6, 6.07) is 5.57. The van der Waals surface area contributed by atoms with E-state index in [0.29, 0.717) is 24.6 Å². The van der Waals surface area contributed by atoms with Gasteiger partial charge in [-0.25, -0.2) is 0 Å². The van der Waals surface area contributed by atoms with Gasteiger partial charge in [0.25, 0.3) is 0 Å². The average molecular weight is 254 g/mol. The van der Waals surface area contributed by atoms with Crippen molar-refractivity contribution in [1.82, 2.24) is 4.90 Å². The van der Waals surface area contributed by atoms with Crippen molar-refractivity contribution in [1.29, 1.82) is 0 Å². The molecule has 1 rings (SSSR count). The normalized spacial score (nSPS) is 12.3. The third kappa shape index (κ3) is 4.43. The van der Waals surface area contributed by atoms with E-state index in [0.717, 1.165) is 5.69 Å². The van der Waals surface area contributed by atoms with Crippen LogP contribution in [0.3, 0.4) is 0 Å². The van der Waals surface area contributed by atoms with Crippen molar-refractivity contribution in [3.63, 3.8) is 0 Å². The van der Waals surface area contributed by atoms with Gasteiger partial charge in [0, 0.05) is 24.8 Å². The number of hydrogen-bond acceptors (Lipinski definition) is 5. The SMILES string of the molecule is COc1ccc(NCC(O)CN(C)C)cc1OC. The summed E-state index contributed by atoms with van der Waals surface area (Å²) in [5, 5.41) is 12.9. The first-order valence-corrected chi connectivity index (χ1v) is 5.85. The smallest absolute Gasteiger partial charge is 0.162 e. The molecule has 0 aliphatic carbocycles. The number of aliphatic hydroxyl groups is 1. The van der Waals surface area contributed by atoms with Crippen molar-refractivity contribution in [2.24, 2.45) is 0 Å². The summed E-state index contributed by atoms with van der Waals surface area (Å²) in [6.07, 6.45) is -0.409. The average Bonchev–Trinajstić information content (AvgIpc) is 2.35. The Hall–Kier alpha value is -1.46. The summed E-state index contributed by atoms with van der Waals surface area (Å²) in [4.78, 5) is 1.95. The fraction of sp³-hybridized carbons (Fsp3) is 0.538. The molecule has 0 bridgehead atoms. The number of nitrogens with zero attached hydrogens (tertiary/aromatic N) is 1. The first-order chi connectivity index (χ1) is 8.56. The maximum absolute atomic E-state index is 9.75. The van der Waals surface area contributed by atoms with Crippen LogP contribution < -0.4 is 14.8 Å². The first-order valence-electron chi connectivity index (χ1n) is 5.85. The molecule has 5 heteroatoms. The molecule has 102 valence electrons. The van der Waals surface area contributed by atoms with Crippen LogP contribution in [0.2, 0.25) is 0 Å². The fourth-order valence-electron chi connectivity index (χ4n) is 1.67. The summed E-state index contributed by atoms with van der Waals surface area (Å²) < 4.78 is 10.4. The third-order valence-corrected chi connectivity index (χ3v) is 2.50. The number of aliphatic hydroxyl groups excluding tert-OH is 1. The molecule has 2 N–H and O–H groups in total. The van der Waals surface area contributed by atoms with E-state index >= 15 is 0 Å². The second-order valence-corrected chi connectivity index (χ2v) is 4.37. The number of nitrogens with one attached hydrogen (secondary N) is 1. The van der Waals surface area contributed by atoms with E-state index in [4.69, 9.17) is 9.47 Å². The number of anilines is 1. The molecule has 18 heavy (non-hydrogen) atoms. The molecule has 1 aromatic carbocycles. The van der Waals surface area contributed by atoms with E-state index in [2.05, 4.69) is 5.32 Å². The lowest BCUT2D eigenvalue weighted by Crippen LogP contribution is -2.31. The number of likely N-dealkylation sites (N-methyl/N-ethyl adjacent to an activating group) is 1. The monoisotopic (exact) mass is 254 g/mol. The van der Waals surface area contributed by atoms with E-state index in [-0.39, 0.29) is 0 Å². The van der Waals surface area contributed by atoms with Crippen LogP contribution in [-0.4, -0.2) is 57.5 Å². The minimum atomic E-state index is -0.409. The number of rotatable bonds is 7. The zero-order chi connectivity index (χ0) is 13.5. The lowest BCUT2D eigenvalue weighted by molar-refractivity contribution is 0.148. The molecule has 0 radical (unpaired) electrons. The van der Waals surface area contributed by atoms with Gasteiger partial charge in [-0.3, -0.25) is 0 Å². The summed E-state index contributed by atoms with van der Waals surface area (Å²) in [5.41, 5.74) is 0.894. The summed E-state index contributed by atoms with van der Waals surface area (Å²) in [6.45, 7) is 1.12. The molecule has 0 saturated carbocycles. The van der Waals surface area contributed by atoms with Gasteiger partial charge >= 0.3 is 0 Å². The molecule has 1 aromatic rings. The molecular formula is C13H22N2O3. The minimum Gasteiger partial charge on any atom is -0.493 e. The molecule has 0 fully saturated rings. The van der Waals surface area contributed by atoms with Crippen LogP contribution in [-0.2, 0) is 0 Å². The molecule has 0 aliphatic rings. The van der Waals surface area contributed by atoms with E-state index in [1.165, 1.54) is 0 Å². The molecule has 0 amide bonds. The van der Waals surface area contributed by atoms with E-state index in [9.17, 15) is 5.11 Å². The van der Waals surface area contributed by atoms with Crippen LogP contribution in [0.15, 0.2) is 18.2 Å².